The first kappa shape index (κ1) is 14.3. The smallest absolute Gasteiger partial charge is 0.187 e. The molecule has 0 fully saturated rings. The second-order valence-electron chi connectivity index (χ2n) is 3.87. The van der Waals surface area contributed by atoms with Gasteiger partial charge in [-0.05, 0) is 42.0 Å². The summed E-state index contributed by atoms with van der Waals surface area (Å²) in [5, 5.41) is 0.872. The van der Waals surface area contributed by atoms with Crippen molar-refractivity contribution in [3.63, 3.8) is 0 Å². The third kappa shape index (κ3) is 3.93. The number of rotatable bonds is 3. The molecule has 0 N–H and O–H groups in total. The third-order valence-corrected chi connectivity index (χ3v) is 3.57. The number of carbonyl (C=O) groups excluding carboxylic acids is 1. The van der Waals surface area contributed by atoms with Gasteiger partial charge in [0.1, 0.15) is 0 Å². The van der Waals surface area contributed by atoms with Crippen LogP contribution in [-0.2, 0) is 0 Å². The molecule has 2 rings (SSSR count). The van der Waals surface area contributed by atoms with E-state index in [1.54, 1.807) is 24.3 Å². The Balaban J connectivity index is 2.18. The number of hydrogen-bond acceptors (Lipinski definition) is 1. The van der Waals surface area contributed by atoms with Crippen LogP contribution in [0.5, 0.6) is 0 Å². The van der Waals surface area contributed by atoms with Gasteiger partial charge in [0.15, 0.2) is 5.78 Å². The van der Waals surface area contributed by atoms with Crippen LogP contribution in [0, 0.1) is 0 Å². The third-order valence-electron chi connectivity index (χ3n) is 2.49. The van der Waals surface area contributed by atoms with Crippen molar-refractivity contribution in [1.29, 1.82) is 0 Å². The molecular formula is C15H9BrCl2O. The van der Waals surface area contributed by atoms with Crippen LogP contribution in [-0.4, -0.2) is 5.78 Å². The SMILES string of the molecule is O=C(C=Cc1ccc(Br)cc1)c1ccc(Cl)cc1Cl. The van der Waals surface area contributed by atoms with Crippen LogP contribution >= 0.6 is 39.1 Å². The lowest BCUT2D eigenvalue weighted by atomic mass is 10.1. The summed E-state index contributed by atoms with van der Waals surface area (Å²) in [4.78, 5) is 12.0. The van der Waals surface area contributed by atoms with E-state index in [2.05, 4.69) is 15.9 Å². The van der Waals surface area contributed by atoms with Crippen LogP contribution in [0.15, 0.2) is 53.0 Å². The highest BCUT2D eigenvalue weighted by Crippen LogP contribution is 2.22. The highest BCUT2D eigenvalue weighted by atomic mass is 79.9. The highest BCUT2D eigenvalue weighted by molar-refractivity contribution is 9.10. The summed E-state index contributed by atoms with van der Waals surface area (Å²) in [6.45, 7) is 0. The molecule has 0 unspecified atom stereocenters. The molecule has 0 saturated carbocycles. The average molecular weight is 356 g/mol. The van der Waals surface area contributed by atoms with E-state index >= 15 is 0 Å². The van der Waals surface area contributed by atoms with E-state index in [9.17, 15) is 4.79 Å². The van der Waals surface area contributed by atoms with Crippen LogP contribution in [0.2, 0.25) is 10.0 Å². The Bertz CT molecular complexity index is 633. The van der Waals surface area contributed by atoms with E-state index in [1.807, 2.05) is 24.3 Å². The summed E-state index contributed by atoms with van der Waals surface area (Å²) in [6, 6.07) is 12.5. The van der Waals surface area contributed by atoms with Crippen molar-refractivity contribution >= 4 is 51.0 Å². The second-order valence-corrected chi connectivity index (χ2v) is 5.63. The van der Waals surface area contributed by atoms with Crippen molar-refractivity contribution in [2.75, 3.05) is 0 Å². The lowest BCUT2D eigenvalue weighted by Crippen LogP contribution is -1.95. The van der Waals surface area contributed by atoms with E-state index in [4.69, 9.17) is 23.2 Å². The molecule has 0 heterocycles. The molecule has 0 bridgehead atoms. The van der Waals surface area contributed by atoms with Crippen molar-refractivity contribution in [2.45, 2.75) is 0 Å². The van der Waals surface area contributed by atoms with Crippen molar-refractivity contribution in [3.8, 4) is 0 Å². The van der Waals surface area contributed by atoms with Gasteiger partial charge >= 0.3 is 0 Å². The van der Waals surface area contributed by atoms with Gasteiger partial charge in [0.2, 0.25) is 0 Å². The summed E-state index contributed by atoms with van der Waals surface area (Å²) >= 11 is 15.1. The normalized spacial score (nSPS) is 10.9. The van der Waals surface area contributed by atoms with Crippen molar-refractivity contribution in [1.82, 2.24) is 0 Å². The zero-order valence-corrected chi connectivity index (χ0v) is 12.8. The molecule has 0 radical (unpaired) electrons. The fourth-order valence-corrected chi connectivity index (χ4v) is 2.29. The Morgan fingerprint density at radius 3 is 2.37 bits per heavy atom. The highest BCUT2D eigenvalue weighted by Gasteiger charge is 2.07. The first-order valence-corrected chi connectivity index (χ1v) is 7.04. The van der Waals surface area contributed by atoms with E-state index < -0.39 is 0 Å². The van der Waals surface area contributed by atoms with Crippen LogP contribution in [0.25, 0.3) is 6.08 Å². The van der Waals surface area contributed by atoms with Gasteiger partial charge in [-0.2, -0.15) is 0 Å². The molecule has 96 valence electrons. The van der Waals surface area contributed by atoms with Crippen molar-refractivity contribution < 1.29 is 4.79 Å². The topological polar surface area (TPSA) is 17.1 Å². The number of halogens is 3. The molecule has 0 aliphatic heterocycles. The number of benzene rings is 2. The minimum atomic E-state index is -0.149. The molecule has 19 heavy (non-hydrogen) atoms. The van der Waals surface area contributed by atoms with Gasteiger partial charge in [-0.3, -0.25) is 4.79 Å². The quantitative estimate of drug-likeness (QED) is 0.513. The molecule has 0 aromatic heterocycles. The molecule has 0 amide bonds. The predicted molar refractivity (Wildman–Crippen MR) is 84.0 cm³/mol. The summed E-state index contributed by atoms with van der Waals surface area (Å²) in [5.41, 5.74) is 1.39. The minimum absolute atomic E-state index is 0.149. The van der Waals surface area contributed by atoms with Gasteiger partial charge in [0.05, 0.1) is 5.02 Å². The standard InChI is InChI=1S/C15H9BrCl2O/c16-11-4-1-10(2-5-11)3-8-15(19)13-7-6-12(17)9-14(13)18/h1-9H. The molecule has 0 spiro atoms. The minimum Gasteiger partial charge on any atom is -0.289 e. The lowest BCUT2D eigenvalue weighted by Gasteiger charge is -2.00. The van der Waals surface area contributed by atoms with E-state index in [0.717, 1.165) is 10.0 Å². The van der Waals surface area contributed by atoms with Gasteiger partial charge in [-0.25, -0.2) is 0 Å². The Morgan fingerprint density at radius 2 is 1.74 bits per heavy atom. The monoisotopic (exact) mass is 354 g/mol. The Morgan fingerprint density at radius 1 is 1.05 bits per heavy atom. The first-order valence-electron chi connectivity index (χ1n) is 5.49. The second kappa shape index (κ2) is 6.38. The Labute approximate surface area is 130 Å². The average Bonchev–Trinajstić information content (AvgIpc) is 2.37. The number of carbonyl (C=O) groups is 1. The molecule has 2 aromatic carbocycles. The van der Waals surface area contributed by atoms with Crippen LogP contribution < -0.4 is 0 Å². The maximum atomic E-state index is 12.0. The molecule has 1 nitrogen and oxygen atoms in total. The molecular weight excluding hydrogens is 347 g/mol. The van der Waals surface area contributed by atoms with Crippen LogP contribution in [0.1, 0.15) is 15.9 Å². The number of allylic oxidation sites excluding steroid dienone is 1. The summed E-state index contributed by atoms with van der Waals surface area (Å²) < 4.78 is 0.997. The molecule has 2 aromatic rings. The molecule has 0 aliphatic rings. The molecule has 4 heteroatoms. The van der Waals surface area contributed by atoms with Crippen LogP contribution in [0.3, 0.4) is 0 Å². The van der Waals surface area contributed by atoms with Gasteiger partial charge in [-0.1, -0.05) is 57.3 Å². The lowest BCUT2D eigenvalue weighted by molar-refractivity contribution is 0.104. The van der Waals surface area contributed by atoms with Gasteiger partial charge in [0.25, 0.3) is 0 Å². The van der Waals surface area contributed by atoms with Crippen LogP contribution in [0.4, 0.5) is 0 Å². The molecule has 0 atom stereocenters. The summed E-state index contributed by atoms with van der Waals surface area (Å²) in [7, 11) is 0. The van der Waals surface area contributed by atoms with Crippen molar-refractivity contribution in [2.24, 2.45) is 0 Å². The van der Waals surface area contributed by atoms with Gasteiger partial charge < -0.3 is 0 Å². The van der Waals surface area contributed by atoms with E-state index in [0.29, 0.717) is 15.6 Å². The first-order chi connectivity index (χ1) is 9.06. The molecule has 0 saturated heterocycles. The van der Waals surface area contributed by atoms with Crippen molar-refractivity contribution in [3.05, 3.63) is 74.2 Å². The van der Waals surface area contributed by atoms with E-state index in [1.165, 1.54) is 6.08 Å². The number of ketones is 1. The Hall–Kier alpha value is -1.09. The van der Waals surface area contributed by atoms with E-state index in [-0.39, 0.29) is 5.78 Å². The van der Waals surface area contributed by atoms with Gasteiger partial charge in [-0.15, -0.1) is 0 Å². The van der Waals surface area contributed by atoms with Gasteiger partial charge in [0, 0.05) is 15.1 Å². The number of hydrogen-bond donors (Lipinski definition) is 0. The maximum absolute atomic E-state index is 12.0. The Kier molecular flexibility index (Phi) is 4.81. The summed E-state index contributed by atoms with van der Waals surface area (Å²) in [5.74, 6) is -0.149. The fourth-order valence-electron chi connectivity index (χ4n) is 1.52. The predicted octanol–water partition coefficient (Wildman–Crippen LogP) is 5.65. The zero-order valence-electron chi connectivity index (χ0n) is 9.74. The zero-order chi connectivity index (χ0) is 13.8. The maximum Gasteiger partial charge on any atom is 0.187 e. The fraction of sp³-hybridized carbons (Fsp3) is 0. The molecule has 0 aliphatic carbocycles. The summed E-state index contributed by atoms with van der Waals surface area (Å²) in [6.07, 6.45) is 3.25. The largest absolute Gasteiger partial charge is 0.289 e.